The highest BCUT2D eigenvalue weighted by Crippen LogP contribution is 2.26. The minimum absolute atomic E-state index is 0.0770. The fourth-order valence-corrected chi connectivity index (χ4v) is 3.36. The number of nitrogens with zero attached hydrogens (tertiary/aromatic N) is 2. The Hall–Kier alpha value is -2.87. The average molecular weight is 385 g/mol. The van der Waals surface area contributed by atoms with Crippen LogP contribution in [0.3, 0.4) is 0 Å². The fourth-order valence-electron chi connectivity index (χ4n) is 2.68. The molecule has 7 nitrogen and oxygen atoms in total. The Kier molecular flexibility index (Phi) is 5.75. The third-order valence-corrected chi connectivity index (χ3v) is 4.75. The zero-order valence-corrected chi connectivity index (χ0v) is 15.8. The molecule has 0 spiro atoms. The highest BCUT2D eigenvalue weighted by molar-refractivity contribution is 8.18. The molecule has 0 atom stereocenters. The molecular weight excluding hydrogens is 366 g/mol. The van der Waals surface area contributed by atoms with E-state index in [0.717, 1.165) is 28.8 Å². The van der Waals surface area contributed by atoms with Crippen LogP contribution in [0.2, 0.25) is 0 Å². The first-order valence-corrected chi connectivity index (χ1v) is 9.33. The molecule has 1 aromatic carbocycles. The number of imide groups is 1. The van der Waals surface area contributed by atoms with E-state index in [0.29, 0.717) is 30.2 Å². The van der Waals surface area contributed by atoms with Gasteiger partial charge in [-0.05, 0) is 42.5 Å². The van der Waals surface area contributed by atoms with Crippen LogP contribution in [0.5, 0.6) is 5.75 Å². The van der Waals surface area contributed by atoms with E-state index in [-0.39, 0.29) is 16.7 Å². The van der Waals surface area contributed by atoms with Crippen molar-refractivity contribution in [1.29, 1.82) is 0 Å². The molecule has 1 fully saturated rings. The summed E-state index contributed by atoms with van der Waals surface area (Å²) in [5.41, 5.74) is 1.43. The molecule has 1 aliphatic heterocycles. The molecule has 140 valence electrons. The van der Waals surface area contributed by atoms with Gasteiger partial charge >= 0.3 is 0 Å². The van der Waals surface area contributed by atoms with Gasteiger partial charge in [-0.3, -0.25) is 24.3 Å². The zero-order chi connectivity index (χ0) is 19.4. The highest BCUT2D eigenvalue weighted by atomic mass is 32.2. The van der Waals surface area contributed by atoms with Crippen LogP contribution in [0.25, 0.3) is 6.08 Å². The molecule has 8 heteroatoms. The van der Waals surface area contributed by atoms with Crippen molar-refractivity contribution in [3.8, 4) is 5.75 Å². The number of benzene rings is 1. The fraction of sp³-hybridized carbons (Fsp3) is 0.263. The number of carbonyl (C=O) groups is 2. The summed E-state index contributed by atoms with van der Waals surface area (Å²) >= 11 is 0.882. The van der Waals surface area contributed by atoms with E-state index < -0.39 is 0 Å². The first-order chi connectivity index (χ1) is 13.0. The number of aromatic nitrogens is 2. The van der Waals surface area contributed by atoms with Crippen LogP contribution in [0.15, 0.2) is 40.0 Å². The van der Waals surface area contributed by atoms with Crippen molar-refractivity contribution in [3.63, 3.8) is 0 Å². The largest absolute Gasteiger partial charge is 0.492 e. The minimum atomic E-state index is -0.380. The molecular formula is C19H19N3O4S. The molecule has 3 rings (SSSR count). The minimum Gasteiger partial charge on any atom is -0.492 e. The van der Waals surface area contributed by atoms with Gasteiger partial charge in [-0.15, -0.1) is 0 Å². The Morgan fingerprint density at radius 2 is 1.96 bits per heavy atom. The van der Waals surface area contributed by atoms with Gasteiger partial charge in [-0.2, -0.15) is 0 Å². The molecule has 1 N–H and O–H groups in total. The third-order valence-electron chi connectivity index (χ3n) is 3.94. The molecule has 1 aliphatic rings. The van der Waals surface area contributed by atoms with Crippen LogP contribution >= 0.6 is 11.8 Å². The van der Waals surface area contributed by atoms with E-state index >= 15 is 0 Å². The molecule has 2 heterocycles. The van der Waals surface area contributed by atoms with Gasteiger partial charge in [0.25, 0.3) is 16.7 Å². The predicted octanol–water partition coefficient (Wildman–Crippen LogP) is 2.52. The number of nitrogens with one attached hydrogen (secondary N) is 1. The number of aryl methyl sites for hydroxylation is 2. The lowest BCUT2D eigenvalue weighted by atomic mass is 10.2. The third kappa shape index (κ3) is 4.65. The van der Waals surface area contributed by atoms with Crippen molar-refractivity contribution in [2.24, 2.45) is 0 Å². The molecule has 0 radical (unpaired) electrons. The number of hydrogen-bond acceptors (Lipinski definition) is 6. The van der Waals surface area contributed by atoms with Gasteiger partial charge in [0.05, 0.1) is 11.4 Å². The number of rotatable bonds is 6. The molecule has 27 heavy (non-hydrogen) atoms. The maximum atomic E-state index is 12.1. The summed E-state index contributed by atoms with van der Waals surface area (Å²) in [6.07, 6.45) is 2.33. The summed E-state index contributed by atoms with van der Waals surface area (Å²) in [4.78, 5) is 39.6. The van der Waals surface area contributed by atoms with Gasteiger partial charge in [0, 0.05) is 18.2 Å². The maximum Gasteiger partial charge on any atom is 0.290 e. The van der Waals surface area contributed by atoms with Crippen LogP contribution in [-0.4, -0.2) is 27.3 Å². The number of ether oxygens (including phenoxy) is 1. The summed E-state index contributed by atoms with van der Waals surface area (Å²) in [6.45, 7) is 4.52. The van der Waals surface area contributed by atoms with Crippen LogP contribution in [0.4, 0.5) is 4.79 Å². The number of hydrogen-bond donors (Lipinski definition) is 1. The standard InChI is InChI=1S/C19H19N3O4S/c1-3-16-20-12(2)10-17(23)22(16)8-9-26-14-6-4-13(5-7-14)11-15-18(24)21-19(25)27-15/h4-7,10-11H,3,8-9H2,1-2H3,(H,21,24,25). The molecule has 0 aliphatic carbocycles. The SMILES string of the molecule is CCc1nc(C)cc(=O)n1CCOc1ccc(C=C2SC(=O)NC2=O)cc1. The van der Waals surface area contributed by atoms with E-state index in [1.165, 1.54) is 6.07 Å². The Morgan fingerprint density at radius 3 is 2.59 bits per heavy atom. The lowest BCUT2D eigenvalue weighted by Gasteiger charge is -2.12. The lowest BCUT2D eigenvalue weighted by molar-refractivity contribution is -0.115. The normalized spacial score (nSPS) is 15.3. The van der Waals surface area contributed by atoms with Crippen LogP contribution in [0.1, 0.15) is 24.0 Å². The molecule has 1 aromatic heterocycles. The Labute approximate surface area is 160 Å². The van der Waals surface area contributed by atoms with Crippen molar-refractivity contribution >= 4 is 29.0 Å². The lowest BCUT2D eigenvalue weighted by Crippen LogP contribution is -2.27. The monoisotopic (exact) mass is 385 g/mol. The van der Waals surface area contributed by atoms with E-state index in [9.17, 15) is 14.4 Å². The summed E-state index contributed by atoms with van der Waals surface area (Å²) in [6, 6.07) is 8.68. The number of carbonyl (C=O) groups excluding carboxylic acids is 2. The Balaban J connectivity index is 1.62. The van der Waals surface area contributed by atoms with Gasteiger partial charge in [-0.25, -0.2) is 4.98 Å². The van der Waals surface area contributed by atoms with Crippen molar-refractivity contribution in [1.82, 2.24) is 14.9 Å². The van der Waals surface area contributed by atoms with Gasteiger partial charge in [0.1, 0.15) is 18.2 Å². The average Bonchev–Trinajstić information content (AvgIpc) is 2.95. The van der Waals surface area contributed by atoms with Gasteiger partial charge in [-0.1, -0.05) is 19.1 Å². The van der Waals surface area contributed by atoms with E-state index in [4.69, 9.17) is 4.74 Å². The van der Waals surface area contributed by atoms with Crippen molar-refractivity contribution in [2.45, 2.75) is 26.8 Å². The second kappa shape index (κ2) is 8.22. The van der Waals surface area contributed by atoms with Crippen molar-refractivity contribution in [2.75, 3.05) is 6.61 Å². The molecule has 0 bridgehead atoms. The summed E-state index contributed by atoms with van der Waals surface area (Å²) in [7, 11) is 0. The second-order valence-electron chi connectivity index (χ2n) is 5.93. The van der Waals surface area contributed by atoms with Crippen LogP contribution < -0.4 is 15.6 Å². The first kappa shape index (κ1) is 18.9. The van der Waals surface area contributed by atoms with Gasteiger partial charge in [0.15, 0.2) is 0 Å². The number of amides is 2. The second-order valence-corrected chi connectivity index (χ2v) is 6.94. The molecule has 2 amide bonds. The van der Waals surface area contributed by atoms with E-state index in [1.807, 2.05) is 13.8 Å². The van der Waals surface area contributed by atoms with E-state index in [1.54, 1.807) is 34.9 Å². The first-order valence-electron chi connectivity index (χ1n) is 8.51. The summed E-state index contributed by atoms with van der Waals surface area (Å²) in [5, 5.41) is 1.86. The van der Waals surface area contributed by atoms with Crippen LogP contribution in [-0.2, 0) is 17.8 Å². The van der Waals surface area contributed by atoms with Crippen LogP contribution in [0, 0.1) is 6.92 Å². The molecule has 1 saturated heterocycles. The van der Waals surface area contributed by atoms with Gasteiger partial charge < -0.3 is 4.74 Å². The Morgan fingerprint density at radius 1 is 1.22 bits per heavy atom. The summed E-state index contributed by atoms with van der Waals surface area (Å²) < 4.78 is 7.33. The number of thioether (sulfide) groups is 1. The van der Waals surface area contributed by atoms with Crippen molar-refractivity contribution < 1.29 is 14.3 Å². The smallest absolute Gasteiger partial charge is 0.290 e. The van der Waals surface area contributed by atoms with E-state index in [2.05, 4.69) is 10.3 Å². The molecule has 0 unspecified atom stereocenters. The predicted molar refractivity (Wildman–Crippen MR) is 104 cm³/mol. The Bertz CT molecular complexity index is 964. The maximum absolute atomic E-state index is 12.1. The molecule has 2 aromatic rings. The quantitative estimate of drug-likeness (QED) is 0.769. The molecule has 0 saturated carbocycles. The topological polar surface area (TPSA) is 90.3 Å². The highest BCUT2D eigenvalue weighted by Gasteiger charge is 2.24. The van der Waals surface area contributed by atoms with Crippen molar-refractivity contribution in [3.05, 3.63) is 62.7 Å². The summed E-state index contributed by atoms with van der Waals surface area (Å²) in [5.74, 6) is 1.02. The van der Waals surface area contributed by atoms with Gasteiger partial charge in [0.2, 0.25) is 0 Å². The zero-order valence-electron chi connectivity index (χ0n) is 15.0.